The molecule has 1 fully saturated rings. The fourth-order valence-corrected chi connectivity index (χ4v) is 1.39. The van der Waals surface area contributed by atoms with Crippen molar-refractivity contribution in [2.75, 3.05) is 6.61 Å². The summed E-state index contributed by atoms with van der Waals surface area (Å²) in [6.07, 6.45) is 4.35. The van der Waals surface area contributed by atoms with Gasteiger partial charge in [0, 0.05) is 18.2 Å². The van der Waals surface area contributed by atoms with Crippen LogP contribution in [-0.4, -0.2) is 12.6 Å². The van der Waals surface area contributed by atoms with Crippen molar-refractivity contribution >= 4 is 0 Å². The fraction of sp³-hybridized carbons (Fsp3) is 0.636. The van der Waals surface area contributed by atoms with Crippen LogP contribution in [0.2, 0.25) is 0 Å². The first kappa shape index (κ1) is 9.74. The van der Waals surface area contributed by atoms with E-state index in [0.29, 0.717) is 6.61 Å². The Kier molecular flexibility index (Phi) is 3.22. The second-order valence-electron chi connectivity index (χ2n) is 3.66. The van der Waals surface area contributed by atoms with E-state index in [4.69, 9.17) is 9.15 Å². The van der Waals surface area contributed by atoms with Crippen molar-refractivity contribution in [1.82, 2.24) is 5.32 Å². The van der Waals surface area contributed by atoms with Crippen molar-refractivity contribution in [2.24, 2.45) is 0 Å². The minimum absolute atomic E-state index is 0.661. The zero-order chi connectivity index (χ0) is 9.80. The Balaban J connectivity index is 1.83. The Labute approximate surface area is 84.4 Å². The van der Waals surface area contributed by atoms with Crippen LogP contribution in [0.1, 0.15) is 31.1 Å². The third kappa shape index (κ3) is 2.59. The summed E-state index contributed by atoms with van der Waals surface area (Å²) < 4.78 is 10.8. The van der Waals surface area contributed by atoms with Crippen molar-refractivity contribution in [2.45, 2.75) is 39.0 Å². The maximum Gasteiger partial charge on any atom is 0.123 e. The first-order chi connectivity index (χ1) is 6.90. The number of nitrogens with one attached hydrogen (secondary N) is 1. The molecule has 3 nitrogen and oxygen atoms in total. The van der Waals surface area contributed by atoms with Crippen LogP contribution in [0, 0.1) is 0 Å². The van der Waals surface area contributed by atoms with E-state index >= 15 is 0 Å². The highest BCUT2D eigenvalue weighted by Gasteiger charge is 2.21. The fourth-order valence-electron chi connectivity index (χ4n) is 1.39. The highest BCUT2D eigenvalue weighted by molar-refractivity contribution is 5.16. The molecule has 0 aliphatic heterocycles. The van der Waals surface area contributed by atoms with E-state index in [0.717, 1.165) is 25.0 Å². The summed E-state index contributed by atoms with van der Waals surface area (Å²) in [4.78, 5) is 0. The van der Waals surface area contributed by atoms with Crippen LogP contribution < -0.4 is 5.32 Å². The van der Waals surface area contributed by atoms with Gasteiger partial charge in [0.1, 0.15) is 5.76 Å². The summed E-state index contributed by atoms with van der Waals surface area (Å²) in [5, 5.41) is 3.43. The molecule has 0 bridgehead atoms. The standard InChI is InChI=1S/C11H17NO2/c1-2-13-8-9-5-6-14-11(9)7-12-10-3-4-10/h5-6,10,12H,2-4,7-8H2,1H3. The summed E-state index contributed by atoms with van der Waals surface area (Å²) in [6, 6.07) is 2.71. The van der Waals surface area contributed by atoms with Crippen molar-refractivity contribution in [3.63, 3.8) is 0 Å². The third-order valence-corrected chi connectivity index (χ3v) is 2.43. The molecule has 1 N–H and O–H groups in total. The molecule has 3 heteroatoms. The molecule has 14 heavy (non-hydrogen) atoms. The molecule has 1 saturated carbocycles. The SMILES string of the molecule is CCOCc1ccoc1CNC1CC1. The zero-order valence-corrected chi connectivity index (χ0v) is 8.58. The van der Waals surface area contributed by atoms with E-state index in [1.54, 1.807) is 6.26 Å². The highest BCUT2D eigenvalue weighted by atomic mass is 16.5. The predicted molar refractivity (Wildman–Crippen MR) is 53.9 cm³/mol. The lowest BCUT2D eigenvalue weighted by Crippen LogP contribution is -2.15. The Hall–Kier alpha value is -0.800. The Morgan fingerprint density at radius 1 is 1.57 bits per heavy atom. The molecular formula is C11H17NO2. The second kappa shape index (κ2) is 4.62. The molecule has 1 aliphatic rings. The Bertz CT molecular complexity index is 279. The van der Waals surface area contributed by atoms with E-state index in [1.165, 1.54) is 18.4 Å². The number of rotatable bonds is 6. The van der Waals surface area contributed by atoms with Crippen LogP contribution in [0.3, 0.4) is 0 Å². The number of hydrogen-bond acceptors (Lipinski definition) is 3. The highest BCUT2D eigenvalue weighted by Crippen LogP contribution is 2.20. The summed E-state index contributed by atoms with van der Waals surface area (Å²) in [7, 11) is 0. The Morgan fingerprint density at radius 2 is 2.43 bits per heavy atom. The average molecular weight is 195 g/mol. The van der Waals surface area contributed by atoms with Gasteiger partial charge in [0.25, 0.3) is 0 Å². The maximum absolute atomic E-state index is 5.40. The smallest absolute Gasteiger partial charge is 0.123 e. The summed E-state index contributed by atoms with van der Waals surface area (Å²) in [5.74, 6) is 1.02. The molecule has 0 spiro atoms. The second-order valence-corrected chi connectivity index (χ2v) is 3.66. The summed E-state index contributed by atoms with van der Waals surface area (Å²) in [6.45, 7) is 4.25. The van der Waals surface area contributed by atoms with Crippen LogP contribution in [0.15, 0.2) is 16.7 Å². The molecular weight excluding hydrogens is 178 g/mol. The van der Waals surface area contributed by atoms with E-state index < -0.39 is 0 Å². The molecule has 0 amide bonds. The van der Waals surface area contributed by atoms with Gasteiger partial charge in [0.2, 0.25) is 0 Å². The molecule has 0 unspecified atom stereocenters. The van der Waals surface area contributed by atoms with Crippen LogP contribution in [0.4, 0.5) is 0 Å². The number of hydrogen-bond donors (Lipinski definition) is 1. The van der Waals surface area contributed by atoms with Crippen LogP contribution in [0.25, 0.3) is 0 Å². The van der Waals surface area contributed by atoms with Crippen LogP contribution in [0.5, 0.6) is 0 Å². The van der Waals surface area contributed by atoms with Gasteiger partial charge in [-0.05, 0) is 25.8 Å². The topological polar surface area (TPSA) is 34.4 Å². The molecule has 1 heterocycles. The first-order valence-electron chi connectivity index (χ1n) is 5.26. The first-order valence-corrected chi connectivity index (χ1v) is 5.26. The van der Waals surface area contributed by atoms with Crippen molar-refractivity contribution < 1.29 is 9.15 Å². The minimum atomic E-state index is 0.661. The van der Waals surface area contributed by atoms with E-state index in [1.807, 2.05) is 13.0 Å². The van der Waals surface area contributed by atoms with Gasteiger partial charge < -0.3 is 14.5 Å². The number of ether oxygens (including phenoxy) is 1. The summed E-state index contributed by atoms with van der Waals surface area (Å²) >= 11 is 0. The van der Waals surface area contributed by atoms with E-state index in [9.17, 15) is 0 Å². The quantitative estimate of drug-likeness (QED) is 0.754. The van der Waals surface area contributed by atoms with Gasteiger partial charge >= 0.3 is 0 Å². The molecule has 0 atom stereocenters. The maximum atomic E-state index is 5.40. The lowest BCUT2D eigenvalue weighted by molar-refractivity contribution is 0.132. The average Bonchev–Trinajstić information content (AvgIpc) is 2.92. The van der Waals surface area contributed by atoms with E-state index in [-0.39, 0.29) is 0 Å². The van der Waals surface area contributed by atoms with Crippen molar-refractivity contribution in [3.8, 4) is 0 Å². The molecule has 1 aromatic heterocycles. The monoisotopic (exact) mass is 195 g/mol. The lowest BCUT2D eigenvalue weighted by Gasteiger charge is -2.03. The van der Waals surface area contributed by atoms with Gasteiger partial charge in [0.05, 0.1) is 19.4 Å². The molecule has 1 aromatic rings. The number of furan rings is 1. The third-order valence-electron chi connectivity index (χ3n) is 2.43. The van der Waals surface area contributed by atoms with Crippen LogP contribution in [-0.2, 0) is 17.9 Å². The van der Waals surface area contributed by atoms with Gasteiger partial charge in [-0.3, -0.25) is 0 Å². The zero-order valence-electron chi connectivity index (χ0n) is 8.58. The molecule has 1 aliphatic carbocycles. The summed E-state index contributed by atoms with van der Waals surface area (Å²) in [5.41, 5.74) is 1.17. The van der Waals surface area contributed by atoms with Gasteiger partial charge in [-0.15, -0.1) is 0 Å². The van der Waals surface area contributed by atoms with Gasteiger partial charge in [-0.2, -0.15) is 0 Å². The molecule has 0 saturated heterocycles. The van der Waals surface area contributed by atoms with E-state index in [2.05, 4.69) is 5.32 Å². The minimum Gasteiger partial charge on any atom is -0.468 e. The Morgan fingerprint density at radius 3 is 3.14 bits per heavy atom. The van der Waals surface area contributed by atoms with Crippen molar-refractivity contribution in [3.05, 3.63) is 23.7 Å². The van der Waals surface area contributed by atoms with Gasteiger partial charge in [-0.25, -0.2) is 0 Å². The molecule has 2 rings (SSSR count). The van der Waals surface area contributed by atoms with Gasteiger partial charge in [0.15, 0.2) is 0 Å². The van der Waals surface area contributed by atoms with Crippen LogP contribution >= 0.6 is 0 Å². The lowest BCUT2D eigenvalue weighted by atomic mass is 10.2. The largest absolute Gasteiger partial charge is 0.468 e. The van der Waals surface area contributed by atoms with Gasteiger partial charge in [-0.1, -0.05) is 0 Å². The predicted octanol–water partition coefficient (Wildman–Crippen LogP) is 2.07. The molecule has 0 radical (unpaired) electrons. The molecule has 78 valence electrons. The van der Waals surface area contributed by atoms with Crippen molar-refractivity contribution in [1.29, 1.82) is 0 Å². The normalized spacial score (nSPS) is 16.1. The molecule has 0 aromatic carbocycles.